The zero-order valence-corrected chi connectivity index (χ0v) is 24.7. The molecule has 0 heterocycles. The molecule has 13 heteroatoms. The number of aryl methyl sites for hydroxylation is 1. The molecule has 4 rings (SSSR count). The van der Waals surface area contributed by atoms with Crippen LogP contribution in [0, 0.1) is 6.92 Å². The smallest absolute Gasteiger partial charge is 0.264 e. The number of nitrogens with one attached hydrogen (secondary N) is 2. The van der Waals surface area contributed by atoms with Crippen LogP contribution in [0.3, 0.4) is 0 Å². The fourth-order valence-electron chi connectivity index (χ4n) is 3.71. The van der Waals surface area contributed by atoms with Gasteiger partial charge in [-0.3, -0.25) is 13.8 Å². The van der Waals surface area contributed by atoms with Crippen LogP contribution in [-0.2, 0) is 24.8 Å². The monoisotopic (exact) mass is 637 g/mol. The van der Waals surface area contributed by atoms with Gasteiger partial charge in [0.05, 0.1) is 31.2 Å². The number of amides is 1. The Bertz CT molecular complexity index is 1770. The maximum Gasteiger partial charge on any atom is 0.264 e. The minimum absolute atomic E-state index is 0.00374. The first-order valence-electron chi connectivity index (χ1n) is 11.6. The van der Waals surface area contributed by atoms with Gasteiger partial charge in [0.15, 0.2) is 0 Å². The molecule has 0 fully saturated rings. The molecule has 1 amide bonds. The van der Waals surface area contributed by atoms with Crippen molar-refractivity contribution in [2.45, 2.75) is 16.7 Å². The lowest BCUT2D eigenvalue weighted by molar-refractivity contribution is -0.114. The first-order chi connectivity index (χ1) is 18.9. The van der Waals surface area contributed by atoms with Crippen LogP contribution in [0.1, 0.15) is 5.56 Å². The highest BCUT2D eigenvalue weighted by Gasteiger charge is 2.28. The average Bonchev–Trinajstić information content (AvgIpc) is 2.92. The van der Waals surface area contributed by atoms with E-state index in [0.29, 0.717) is 10.6 Å². The van der Waals surface area contributed by atoms with Crippen LogP contribution in [0.4, 0.5) is 17.1 Å². The van der Waals surface area contributed by atoms with Gasteiger partial charge >= 0.3 is 0 Å². The van der Waals surface area contributed by atoms with Crippen LogP contribution in [0.5, 0.6) is 0 Å². The van der Waals surface area contributed by atoms with E-state index in [-0.39, 0.29) is 36.9 Å². The number of sulfonamides is 2. The van der Waals surface area contributed by atoms with Crippen molar-refractivity contribution in [3.63, 3.8) is 0 Å². The van der Waals surface area contributed by atoms with Gasteiger partial charge in [-0.1, -0.05) is 65.1 Å². The Morgan fingerprint density at radius 1 is 0.800 bits per heavy atom. The number of carbonyl (C=O) groups is 1. The highest BCUT2D eigenvalue weighted by atomic mass is 35.5. The second kappa shape index (κ2) is 12.1. The number of benzene rings is 4. The van der Waals surface area contributed by atoms with Gasteiger partial charge in [0, 0.05) is 10.7 Å². The summed E-state index contributed by atoms with van der Waals surface area (Å²) in [6.45, 7) is 1.15. The Balaban J connectivity index is 1.56. The molecular formula is C27H22Cl3N3O5S2. The second-order valence-electron chi connectivity index (χ2n) is 8.53. The van der Waals surface area contributed by atoms with Crippen LogP contribution in [0.2, 0.25) is 15.1 Å². The fraction of sp³-hybridized carbons (Fsp3) is 0.0741. The van der Waals surface area contributed by atoms with Gasteiger partial charge in [-0.15, -0.1) is 0 Å². The summed E-state index contributed by atoms with van der Waals surface area (Å²) in [6.07, 6.45) is 0. The van der Waals surface area contributed by atoms with Crippen LogP contribution < -0.4 is 14.3 Å². The van der Waals surface area contributed by atoms with Crippen molar-refractivity contribution >= 4 is 77.8 Å². The standard InChI is InChI=1S/C27H22Cl3N3O5S2/c1-18-10-11-19(28)16-25(18)33(40(37,38)22-6-3-2-4-7-22)17-26(34)31-20-12-14-21(15-13-20)39(35,36)32-24-9-5-8-23(29)27(24)30/h2-16,32H,17H2,1H3,(H,31,34). The molecule has 8 nitrogen and oxygen atoms in total. The number of hydrogen-bond acceptors (Lipinski definition) is 5. The van der Waals surface area contributed by atoms with Crippen molar-refractivity contribution in [3.8, 4) is 0 Å². The van der Waals surface area contributed by atoms with E-state index < -0.39 is 32.5 Å². The molecule has 208 valence electrons. The maximum atomic E-state index is 13.5. The molecular weight excluding hydrogens is 617 g/mol. The Morgan fingerprint density at radius 3 is 2.15 bits per heavy atom. The second-order valence-corrected chi connectivity index (χ2v) is 13.3. The summed E-state index contributed by atoms with van der Waals surface area (Å²) >= 11 is 18.2. The van der Waals surface area contributed by atoms with E-state index in [1.54, 1.807) is 43.3 Å². The van der Waals surface area contributed by atoms with Crippen molar-refractivity contribution in [2.75, 3.05) is 20.9 Å². The lowest BCUT2D eigenvalue weighted by Crippen LogP contribution is -2.38. The Hall–Kier alpha value is -3.28. The van der Waals surface area contributed by atoms with E-state index in [9.17, 15) is 21.6 Å². The molecule has 0 atom stereocenters. The zero-order valence-electron chi connectivity index (χ0n) is 20.8. The zero-order chi connectivity index (χ0) is 29.1. The molecule has 40 heavy (non-hydrogen) atoms. The lowest BCUT2D eigenvalue weighted by Gasteiger charge is -2.26. The maximum absolute atomic E-state index is 13.5. The largest absolute Gasteiger partial charge is 0.325 e. The van der Waals surface area contributed by atoms with E-state index in [1.807, 2.05) is 0 Å². The van der Waals surface area contributed by atoms with Gasteiger partial charge in [0.2, 0.25) is 5.91 Å². The van der Waals surface area contributed by atoms with Gasteiger partial charge in [-0.2, -0.15) is 0 Å². The van der Waals surface area contributed by atoms with E-state index in [0.717, 1.165) is 4.31 Å². The van der Waals surface area contributed by atoms with Crippen molar-refractivity contribution < 1.29 is 21.6 Å². The number of nitrogens with zero attached hydrogens (tertiary/aromatic N) is 1. The summed E-state index contributed by atoms with van der Waals surface area (Å²) in [7, 11) is -8.15. The van der Waals surface area contributed by atoms with E-state index in [4.69, 9.17) is 34.8 Å². The van der Waals surface area contributed by atoms with Gasteiger partial charge in [0.1, 0.15) is 6.54 Å². The predicted octanol–water partition coefficient (Wildman–Crippen LogP) is 6.59. The third-order valence-electron chi connectivity index (χ3n) is 5.70. The molecule has 0 saturated heterocycles. The van der Waals surface area contributed by atoms with Crippen molar-refractivity contribution in [2.24, 2.45) is 0 Å². The molecule has 0 bridgehead atoms. The fourth-order valence-corrected chi connectivity index (χ4v) is 6.85. The summed E-state index contributed by atoms with van der Waals surface area (Å²) in [4.78, 5) is 13.0. The summed E-state index contributed by atoms with van der Waals surface area (Å²) in [6, 6.07) is 22.4. The summed E-state index contributed by atoms with van der Waals surface area (Å²) in [5.74, 6) is -0.654. The molecule has 4 aromatic rings. The number of carbonyl (C=O) groups excluding carboxylic acids is 1. The van der Waals surface area contributed by atoms with E-state index in [2.05, 4.69) is 10.0 Å². The average molecular weight is 639 g/mol. The lowest BCUT2D eigenvalue weighted by atomic mass is 10.2. The number of anilines is 3. The quantitative estimate of drug-likeness (QED) is 0.215. The van der Waals surface area contributed by atoms with Crippen LogP contribution >= 0.6 is 34.8 Å². The Morgan fingerprint density at radius 2 is 1.48 bits per heavy atom. The number of halogens is 3. The van der Waals surface area contributed by atoms with E-state index in [1.165, 1.54) is 54.6 Å². The minimum atomic E-state index is -4.14. The van der Waals surface area contributed by atoms with Crippen molar-refractivity contribution in [3.05, 3.63) is 112 Å². The predicted molar refractivity (Wildman–Crippen MR) is 160 cm³/mol. The number of rotatable bonds is 9. The van der Waals surface area contributed by atoms with Gasteiger partial charge in [-0.25, -0.2) is 16.8 Å². The normalized spacial score (nSPS) is 11.6. The Kier molecular flexibility index (Phi) is 8.96. The molecule has 4 aromatic carbocycles. The highest BCUT2D eigenvalue weighted by Crippen LogP contribution is 2.32. The van der Waals surface area contributed by atoms with Crippen LogP contribution in [0.15, 0.2) is 101 Å². The molecule has 2 N–H and O–H groups in total. The third-order valence-corrected chi connectivity index (χ3v) is 9.91. The van der Waals surface area contributed by atoms with Gasteiger partial charge < -0.3 is 5.32 Å². The molecule has 0 aliphatic heterocycles. The topological polar surface area (TPSA) is 113 Å². The number of hydrogen-bond donors (Lipinski definition) is 2. The van der Waals surface area contributed by atoms with Crippen molar-refractivity contribution in [1.29, 1.82) is 0 Å². The molecule has 0 saturated carbocycles. The molecule has 0 unspecified atom stereocenters. The molecule has 0 radical (unpaired) electrons. The Labute approximate surface area is 247 Å². The highest BCUT2D eigenvalue weighted by molar-refractivity contribution is 7.93. The van der Waals surface area contributed by atoms with Crippen LogP contribution in [0.25, 0.3) is 0 Å². The van der Waals surface area contributed by atoms with Gasteiger partial charge in [0.25, 0.3) is 20.0 Å². The van der Waals surface area contributed by atoms with Gasteiger partial charge in [-0.05, 0) is 73.2 Å². The first-order valence-corrected chi connectivity index (χ1v) is 15.6. The van der Waals surface area contributed by atoms with Crippen LogP contribution in [-0.4, -0.2) is 29.3 Å². The summed E-state index contributed by atoms with van der Waals surface area (Å²) in [5, 5.41) is 3.17. The molecule has 0 aliphatic carbocycles. The third kappa shape index (κ3) is 6.71. The minimum Gasteiger partial charge on any atom is -0.325 e. The summed E-state index contributed by atoms with van der Waals surface area (Å²) in [5.41, 5.74) is 1.21. The van der Waals surface area contributed by atoms with Crippen molar-refractivity contribution in [1.82, 2.24) is 0 Å². The molecule has 0 spiro atoms. The molecule has 0 aliphatic rings. The van der Waals surface area contributed by atoms with E-state index >= 15 is 0 Å². The first kappa shape index (κ1) is 29.7. The summed E-state index contributed by atoms with van der Waals surface area (Å²) < 4.78 is 56.1. The SMILES string of the molecule is Cc1ccc(Cl)cc1N(CC(=O)Nc1ccc(S(=O)(=O)Nc2cccc(Cl)c2Cl)cc1)S(=O)(=O)c1ccccc1. The molecule has 0 aromatic heterocycles.